The Balaban J connectivity index is 1.34. The van der Waals surface area contributed by atoms with E-state index in [9.17, 15) is 9.59 Å². The minimum atomic E-state index is -0.158. The van der Waals surface area contributed by atoms with E-state index in [1.54, 1.807) is 23.5 Å². The molecule has 34 heavy (non-hydrogen) atoms. The second kappa shape index (κ2) is 10.1. The topological polar surface area (TPSA) is 52.7 Å². The summed E-state index contributed by atoms with van der Waals surface area (Å²) in [5.74, 6) is 0.511. The van der Waals surface area contributed by atoms with Gasteiger partial charge in [-0.15, -0.1) is 11.3 Å². The molecule has 1 aliphatic heterocycles. The first-order valence-corrected chi connectivity index (χ1v) is 13.0. The van der Waals surface area contributed by atoms with Gasteiger partial charge in [0.15, 0.2) is 0 Å². The average Bonchev–Trinajstić information content (AvgIpc) is 3.22. The molecule has 1 N–H and O–H groups in total. The minimum Gasteiger partial charge on any atom is -0.336 e. The molecule has 2 aromatic carbocycles. The van der Waals surface area contributed by atoms with Crippen LogP contribution in [0.3, 0.4) is 0 Å². The monoisotopic (exact) mass is 473 g/mol. The van der Waals surface area contributed by atoms with Gasteiger partial charge < -0.3 is 10.2 Å². The average molecular weight is 474 g/mol. The molecule has 2 heterocycles. The van der Waals surface area contributed by atoms with Gasteiger partial charge in [-0.1, -0.05) is 55.5 Å². The van der Waals surface area contributed by atoms with Gasteiger partial charge >= 0.3 is 0 Å². The number of hydrogen-bond acceptors (Lipinski definition) is 4. The van der Waals surface area contributed by atoms with Gasteiger partial charge in [0, 0.05) is 43.2 Å². The Hall–Kier alpha value is -2.96. The Morgan fingerprint density at radius 3 is 2.35 bits per heavy atom. The molecule has 0 spiro atoms. The molecule has 1 unspecified atom stereocenters. The van der Waals surface area contributed by atoms with Crippen molar-refractivity contribution in [3.63, 3.8) is 0 Å². The van der Waals surface area contributed by atoms with Crippen molar-refractivity contribution in [2.45, 2.75) is 32.7 Å². The maximum absolute atomic E-state index is 13.8. The number of fused-ring (bicyclic) bond motifs is 1. The standard InChI is InChI=1S/C28H31N3O2S/c1-20-12-13-23-24(18-20)34-27(29-26(32)22-10-6-3-7-11-22)25(23)28(33)31-16-14-30(15-17-31)19-21-8-4-2-5-9-21/h2-11,20H,12-19H2,1H3,(H,29,32). The maximum Gasteiger partial charge on any atom is 0.257 e. The first-order chi connectivity index (χ1) is 16.6. The molecular weight excluding hydrogens is 442 g/mol. The van der Waals surface area contributed by atoms with Crippen LogP contribution in [0.25, 0.3) is 0 Å². The Morgan fingerprint density at radius 1 is 0.971 bits per heavy atom. The third kappa shape index (κ3) is 4.93. The summed E-state index contributed by atoms with van der Waals surface area (Å²) in [6.07, 6.45) is 2.97. The van der Waals surface area contributed by atoms with Crippen molar-refractivity contribution in [2.75, 3.05) is 31.5 Å². The molecule has 1 atom stereocenters. The predicted molar refractivity (Wildman–Crippen MR) is 138 cm³/mol. The van der Waals surface area contributed by atoms with Crippen molar-refractivity contribution in [1.82, 2.24) is 9.80 Å². The summed E-state index contributed by atoms with van der Waals surface area (Å²) in [6, 6.07) is 19.7. The van der Waals surface area contributed by atoms with Crippen molar-refractivity contribution in [3.8, 4) is 0 Å². The van der Waals surface area contributed by atoms with Gasteiger partial charge in [-0.25, -0.2) is 0 Å². The number of benzene rings is 2. The Labute approximate surface area is 205 Å². The zero-order valence-corrected chi connectivity index (χ0v) is 20.4. The molecule has 2 aliphatic rings. The van der Waals surface area contributed by atoms with Gasteiger partial charge in [0.25, 0.3) is 11.8 Å². The highest BCUT2D eigenvalue weighted by Gasteiger charge is 2.32. The van der Waals surface area contributed by atoms with Crippen LogP contribution in [0.2, 0.25) is 0 Å². The summed E-state index contributed by atoms with van der Waals surface area (Å²) >= 11 is 1.59. The highest BCUT2D eigenvalue weighted by molar-refractivity contribution is 7.17. The van der Waals surface area contributed by atoms with Crippen LogP contribution in [0.4, 0.5) is 5.00 Å². The van der Waals surface area contributed by atoms with E-state index in [-0.39, 0.29) is 11.8 Å². The van der Waals surface area contributed by atoms with E-state index in [1.165, 1.54) is 10.4 Å². The van der Waals surface area contributed by atoms with Crippen molar-refractivity contribution in [3.05, 3.63) is 87.8 Å². The van der Waals surface area contributed by atoms with Gasteiger partial charge in [-0.3, -0.25) is 14.5 Å². The smallest absolute Gasteiger partial charge is 0.257 e. The molecule has 0 radical (unpaired) electrons. The molecule has 5 nitrogen and oxygen atoms in total. The fourth-order valence-electron chi connectivity index (χ4n) is 4.94. The minimum absolute atomic E-state index is 0.0646. The lowest BCUT2D eigenvalue weighted by Crippen LogP contribution is -2.48. The van der Waals surface area contributed by atoms with Crippen LogP contribution in [0.1, 0.15) is 50.1 Å². The Morgan fingerprint density at radius 2 is 1.65 bits per heavy atom. The maximum atomic E-state index is 13.8. The van der Waals surface area contributed by atoms with Gasteiger partial charge in [-0.2, -0.15) is 0 Å². The number of nitrogens with zero attached hydrogens (tertiary/aromatic N) is 2. The number of amides is 2. The summed E-state index contributed by atoms with van der Waals surface area (Å²) in [5, 5.41) is 3.79. The Kier molecular flexibility index (Phi) is 6.79. The van der Waals surface area contributed by atoms with E-state index in [2.05, 4.69) is 41.4 Å². The SMILES string of the molecule is CC1CCc2c(sc(NC(=O)c3ccccc3)c2C(=O)N2CCN(Cc3ccccc3)CC2)C1. The summed E-state index contributed by atoms with van der Waals surface area (Å²) in [4.78, 5) is 32.3. The molecule has 1 fully saturated rings. The molecule has 1 saturated heterocycles. The van der Waals surface area contributed by atoms with Crippen LogP contribution < -0.4 is 5.32 Å². The number of rotatable bonds is 5. The van der Waals surface area contributed by atoms with Crippen molar-refractivity contribution >= 4 is 28.2 Å². The number of piperazine rings is 1. The first-order valence-electron chi connectivity index (χ1n) is 12.1. The molecule has 1 aliphatic carbocycles. The number of carbonyl (C=O) groups is 2. The molecule has 2 amide bonds. The quantitative estimate of drug-likeness (QED) is 0.562. The molecule has 0 saturated carbocycles. The molecule has 3 aromatic rings. The largest absolute Gasteiger partial charge is 0.336 e. The fraction of sp³-hybridized carbons (Fsp3) is 0.357. The second-order valence-electron chi connectivity index (χ2n) is 9.43. The molecular formula is C28H31N3O2S. The van der Waals surface area contributed by atoms with Crippen LogP contribution in [-0.4, -0.2) is 47.8 Å². The van der Waals surface area contributed by atoms with Crippen LogP contribution in [-0.2, 0) is 19.4 Å². The van der Waals surface area contributed by atoms with Gasteiger partial charge in [0.05, 0.1) is 5.56 Å². The first kappa shape index (κ1) is 22.8. The van der Waals surface area contributed by atoms with E-state index in [1.807, 2.05) is 29.2 Å². The molecule has 176 valence electrons. The summed E-state index contributed by atoms with van der Waals surface area (Å²) in [7, 11) is 0. The van der Waals surface area contributed by atoms with Crippen molar-refractivity contribution < 1.29 is 9.59 Å². The Bertz CT molecular complexity index is 1150. The normalized spacial score (nSPS) is 18.4. The third-order valence-electron chi connectivity index (χ3n) is 6.90. The molecule has 6 heteroatoms. The zero-order valence-electron chi connectivity index (χ0n) is 19.6. The van der Waals surface area contributed by atoms with Crippen LogP contribution in [0.5, 0.6) is 0 Å². The lowest BCUT2D eigenvalue weighted by Gasteiger charge is -2.35. The summed E-state index contributed by atoms with van der Waals surface area (Å²) in [6.45, 7) is 6.30. The van der Waals surface area contributed by atoms with Gasteiger partial charge in [0.1, 0.15) is 5.00 Å². The summed E-state index contributed by atoms with van der Waals surface area (Å²) < 4.78 is 0. The molecule has 1 aromatic heterocycles. The van der Waals surface area contributed by atoms with Crippen LogP contribution in [0.15, 0.2) is 60.7 Å². The van der Waals surface area contributed by atoms with Gasteiger partial charge in [-0.05, 0) is 48.4 Å². The number of anilines is 1. The van der Waals surface area contributed by atoms with Crippen LogP contribution in [0, 0.1) is 5.92 Å². The van der Waals surface area contributed by atoms with Crippen LogP contribution >= 0.6 is 11.3 Å². The molecule has 5 rings (SSSR count). The number of hydrogen-bond donors (Lipinski definition) is 1. The van der Waals surface area contributed by atoms with Crippen molar-refractivity contribution in [1.29, 1.82) is 0 Å². The third-order valence-corrected chi connectivity index (χ3v) is 8.07. The van der Waals surface area contributed by atoms with E-state index in [0.29, 0.717) is 29.6 Å². The van der Waals surface area contributed by atoms with E-state index >= 15 is 0 Å². The van der Waals surface area contributed by atoms with Crippen molar-refractivity contribution in [2.24, 2.45) is 5.92 Å². The highest BCUT2D eigenvalue weighted by atomic mass is 32.1. The number of thiophene rings is 1. The van der Waals surface area contributed by atoms with E-state index in [4.69, 9.17) is 0 Å². The zero-order chi connectivity index (χ0) is 23.5. The predicted octanol–water partition coefficient (Wildman–Crippen LogP) is 5.08. The van der Waals surface area contributed by atoms with Gasteiger partial charge in [0.2, 0.25) is 0 Å². The lowest BCUT2D eigenvalue weighted by atomic mass is 9.88. The lowest BCUT2D eigenvalue weighted by molar-refractivity contribution is 0.0628. The second-order valence-corrected chi connectivity index (χ2v) is 10.5. The number of carbonyl (C=O) groups excluding carboxylic acids is 2. The van der Waals surface area contributed by atoms with E-state index in [0.717, 1.165) is 50.0 Å². The highest BCUT2D eigenvalue weighted by Crippen LogP contribution is 2.40. The van der Waals surface area contributed by atoms with E-state index < -0.39 is 0 Å². The number of nitrogens with one attached hydrogen (secondary N) is 1. The summed E-state index contributed by atoms with van der Waals surface area (Å²) in [5.41, 5.74) is 3.79. The fourth-order valence-corrected chi connectivity index (χ4v) is 6.34. The molecule has 0 bridgehead atoms.